The molecule has 19 heavy (non-hydrogen) atoms. The van der Waals surface area contributed by atoms with Crippen LogP contribution in [0.5, 0.6) is 0 Å². The van der Waals surface area contributed by atoms with Crippen molar-refractivity contribution in [3.8, 4) is 0 Å². The van der Waals surface area contributed by atoms with Gasteiger partial charge in [-0.25, -0.2) is 13.4 Å². The van der Waals surface area contributed by atoms with Crippen molar-refractivity contribution >= 4 is 21.5 Å². The highest BCUT2D eigenvalue weighted by molar-refractivity contribution is 7.92. The Morgan fingerprint density at radius 2 is 1.84 bits per heavy atom. The molecule has 0 bridgehead atoms. The summed E-state index contributed by atoms with van der Waals surface area (Å²) in [5, 5.41) is 3.42. The van der Waals surface area contributed by atoms with Crippen molar-refractivity contribution in [1.29, 1.82) is 0 Å². The molecule has 2 rings (SSSR count). The fourth-order valence-electron chi connectivity index (χ4n) is 2.39. The van der Waals surface area contributed by atoms with Crippen LogP contribution >= 0.6 is 0 Å². The van der Waals surface area contributed by atoms with Crippen molar-refractivity contribution in [3.63, 3.8) is 0 Å². The summed E-state index contributed by atoms with van der Waals surface area (Å²) in [5.41, 5.74) is 0.494. The minimum Gasteiger partial charge on any atom is -0.367 e. The molecule has 0 unspecified atom stereocenters. The molecule has 1 aromatic heterocycles. The second kappa shape index (κ2) is 6.23. The number of anilines is 2. The Kier molecular flexibility index (Phi) is 4.63. The van der Waals surface area contributed by atoms with Gasteiger partial charge < -0.3 is 5.32 Å². The summed E-state index contributed by atoms with van der Waals surface area (Å²) in [6.07, 6.45) is 10.2. The van der Waals surface area contributed by atoms with Gasteiger partial charge in [0.05, 0.1) is 18.1 Å². The Hall–Kier alpha value is -1.30. The van der Waals surface area contributed by atoms with Crippen LogP contribution in [-0.2, 0) is 10.0 Å². The lowest BCUT2D eigenvalue weighted by atomic mass is 10.1. The van der Waals surface area contributed by atoms with E-state index in [1.54, 1.807) is 12.3 Å². The Balaban J connectivity index is 1.94. The fraction of sp³-hybridized carbons (Fsp3) is 0.615. The number of hydrogen-bond donors (Lipinski definition) is 2. The summed E-state index contributed by atoms with van der Waals surface area (Å²) in [6, 6.07) is 4.04. The van der Waals surface area contributed by atoms with E-state index in [1.165, 1.54) is 38.5 Å². The summed E-state index contributed by atoms with van der Waals surface area (Å²) in [5.74, 6) is 0.811. The highest BCUT2D eigenvalue weighted by Crippen LogP contribution is 2.20. The summed E-state index contributed by atoms with van der Waals surface area (Å²) < 4.78 is 24.6. The molecule has 1 saturated carbocycles. The van der Waals surface area contributed by atoms with Gasteiger partial charge in [0.1, 0.15) is 5.82 Å². The molecule has 0 spiro atoms. The molecule has 1 heterocycles. The van der Waals surface area contributed by atoms with Gasteiger partial charge in [-0.1, -0.05) is 25.7 Å². The van der Waals surface area contributed by atoms with Crippen LogP contribution in [0.15, 0.2) is 18.3 Å². The molecule has 1 aliphatic carbocycles. The van der Waals surface area contributed by atoms with E-state index in [0.717, 1.165) is 12.1 Å². The molecule has 5 nitrogen and oxygen atoms in total. The molecule has 0 radical (unpaired) electrons. The SMILES string of the molecule is CS(=O)(=O)Nc1ccc(NC2CCCCCC2)nc1. The standard InChI is InChI=1S/C13H21N3O2S/c1-19(17,18)16-12-8-9-13(14-10-12)15-11-6-4-2-3-5-7-11/h8-11,16H,2-7H2,1H3,(H,14,15). The second-order valence-corrected chi connectivity index (χ2v) is 6.89. The maximum absolute atomic E-state index is 11.1. The zero-order valence-electron chi connectivity index (χ0n) is 11.2. The zero-order chi connectivity index (χ0) is 13.7. The van der Waals surface area contributed by atoms with E-state index in [4.69, 9.17) is 0 Å². The van der Waals surface area contributed by atoms with Crippen LogP contribution < -0.4 is 10.0 Å². The lowest BCUT2D eigenvalue weighted by Crippen LogP contribution is -2.19. The number of nitrogens with one attached hydrogen (secondary N) is 2. The van der Waals surface area contributed by atoms with Gasteiger partial charge in [-0.2, -0.15) is 0 Å². The topological polar surface area (TPSA) is 71.1 Å². The van der Waals surface area contributed by atoms with Gasteiger partial charge in [0.2, 0.25) is 10.0 Å². The summed E-state index contributed by atoms with van der Waals surface area (Å²) in [7, 11) is -3.23. The molecule has 1 aliphatic rings. The van der Waals surface area contributed by atoms with Crippen LogP contribution in [0.2, 0.25) is 0 Å². The number of hydrogen-bond acceptors (Lipinski definition) is 4. The third-order valence-electron chi connectivity index (χ3n) is 3.27. The van der Waals surface area contributed by atoms with Gasteiger partial charge in [0.15, 0.2) is 0 Å². The maximum atomic E-state index is 11.1. The molecule has 0 saturated heterocycles. The largest absolute Gasteiger partial charge is 0.367 e. The van der Waals surface area contributed by atoms with Crippen LogP contribution in [-0.4, -0.2) is 25.7 Å². The molecular formula is C13H21N3O2S. The van der Waals surface area contributed by atoms with Crippen molar-refractivity contribution < 1.29 is 8.42 Å². The van der Waals surface area contributed by atoms with Crippen molar-refractivity contribution in [2.75, 3.05) is 16.3 Å². The first-order chi connectivity index (χ1) is 9.03. The van der Waals surface area contributed by atoms with Crippen LogP contribution in [0.4, 0.5) is 11.5 Å². The Morgan fingerprint density at radius 1 is 1.16 bits per heavy atom. The second-order valence-electron chi connectivity index (χ2n) is 5.14. The highest BCUT2D eigenvalue weighted by Gasteiger charge is 2.12. The molecule has 106 valence electrons. The predicted octanol–water partition coefficient (Wildman–Crippen LogP) is 2.59. The molecule has 0 amide bonds. The van der Waals surface area contributed by atoms with Crippen molar-refractivity contribution in [1.82, 2.24) is 4.98 Å². The Bertz CT molecular complexity index is 491. The number of rotatable bonds is 4. The average molecular weight is 283 g/mol. The minimum atomic E-state index is -3.23. The van der Waals surface area contributed by atoms with Crippen LogP contribution in [0, 0.1) is 0 Å². The van der Waals surface area contributed by atoms with Crippen LogP contribution in [0.3, 0.4) is 0 Å². The molecule has 1 aromatic rings. The van der Waals surface area contributed by atoms with Gasteiger partial charge >= 0.3 is 0 Å². The zero-order valence-corrected chi connectivity index (χ0v) is 12.0. The van der Waals surface area contributed by atoms with Gasteiger partial charge in [0.25, 0.3) is 0 Å². The summed E-state index contributed by atoms with van der Waals surface area (Å²) >= 11 is 0. The summed E-state index contributed by atoms with van der Waals surface area (Å²) in [4.78, 5) is 4.25. The lowest BCUT2D eigenvalue weighted by Gasteiger charge is -2.17. The van der Waals surface area contributed by atoms with E-state index in [1.807, 2.05) is 6.07 Å². The van der Waals surface area contributed by atoms with E-state index in [-0.39, 0.29) is 0 Å². The molecule has 6 heteroatoms. The predicted molar refractivity (Wildman–Crippen MR) is 77.8 cm³/mol. The first-order valence-corrected chi connectivity index (χ1v) is 8.62. The van der Waals surface area contributed by atoms with Crippen LogP contribution in [0.1, 0.15) is 38.5 Å². The third kappa shape index (κ3) is 5.06. The molecular weight excluding hydrogens is 262 g/mol. The van der Waals surface area contributed by atoms with Gasteiger partial charge in [-0.3, -0.25) is 4.72 Å². The molecule has 0 atom stereocenters. The number of nitrogens with zero attached hydrogens (tertiary/aromatic N) is 1. The van der Waals surface area contributed by atoms with E-state index in [2.05, 4.69) is 15.0 Å². The average Bonchev–Trinajstić information content (AvgIpc) is 2.58. The van der Waals surface area contributed by atoms with Crippen molar-refractivity contribution in [2.45, 2.75) is 44.6 Å². The molecule has 2 N–H and O–H groups in total. The smallest absolute Gasteiger partial charge is 0.229 e. The first kappa shape index (κ1) is 14.1. The Labute approximate surface area is 114 Å². The van der Waals surface area contributed by atoms with E-state index < -0.39 is 10.0 Å². The number of aromatic nitrogens is 1. The summed E-state index contributed by atoms with van der Waals surface area (Å²) in [6.45, 7) is 0. The van der Waals surface area contributed by atoms with Gasteiger partial charge in [-0.05, 0) is 25.0 Å². The van der Waals surface area contributed by atoms with E-state index >= 15 is 0 Å². The number of pyridine rings is 1. The van der Waals surface area contributed by atoms with Gasteiger partial charge in [-0.15, -0.1) is 0 Å². The fourth-order valence-corrected chi connectivity index (χ4v) is 2.94. The van der Waals surface area contributed by atoms with E-state index in [0.29, 0.717) is 11.7 Å². The minimum absolute atomic E-state index is 0.490. The maximum Gasteiger partial charge on any atom is 0.229 e. The van der Waals surface area contributed by atoms with Crippen molar-refractivity contribution in [3.05, 3.63) is 18.3 Å². The Morgan fingerprint density at radius 3 is 2.37 bits per heavy atom. The first-order valence-electron chi connectivity index (χ1n) is 6.73. The van der Waals surface area contributed by atoms with Crippen LogP contribution in [0.25, 0.3) is 0 Å². The highest BCUT2D eigenvalue weighted by atomic mass is 32.2. The van der Waals surface area contributed by atoms with E-state index in [9.17, 15) is 8.42 Å². The molecule has 1 fully saturated rings. The molecule has 0 aliphatic heterocycles. The van der Waals surface area contributed by atoms with Gasteiger partial charge in [0, 0.05) is 6.04 Å². The van der Waals surface area contributed by atoms with Crippen molar-refractivity contribution in [2.24, 2.45) is 0 Å². The quantitative estimate of drug-likeness (QED) is 0.833. The normalized spacial score (nSPS) is 17.7. The monoisotopic (exact) mass is 283 g/mol. The lowest BCUT2D eigenvalue weighted by molar-refractivity contribution is 0.606. The number of sulfonamides is 1. The molecule has 0 aromatic carbocycles. The third-order valence-corrected chi connectivity index (χ3v) is 3.88.